The zero-order valence-corrected chi connectivity index (χ0v) is 28.0. The van der Waals surface area contributed by atoms with E-state index < -0.39 is 0 Å². The largest absolute Gasteiger partial charge is 0.506 e. The predicted molar refractivity (Wildman–Crippen MR) is 217 cm³/mol. The molecule has 0 saturated heterocycles. The zero-order chi connectivity index (χ0) is 35.5. The Labute approximate surface area is 304 Å². The van der Waals surface area contributed by atoms with Crippen LogP contribution in [0, 0.1) is 0 Å². The van der Waals surface area contributed by atoms with Crippen molar-refractivity contribution in [2.24, 2.45) is 0 Å². The minimum absolute atomic E-state index is 0.0136. The van der Waals surface area contributed by atoms with Crippen LogP contribution in [0.2, 0.25) is 0 Å². The van der Waals surface area contributed by atoms with Crippen molar-refractivity contribution < 1.29 is 10.2 Å². The van der Waals surface area contributed by atoms with Gasteiger partial charge in [-0.05, 0) is 73.1 Å². The molecule has 9 rings (SSSR count). The minimum Gasteiger partial charge on any atom is -0.506 e. The predicted octanol–water partition coefficient (Wildman–Crippen LogP) is 7.79. The second-order valence-corrected chi connectivity index (χ2v) is 12.9. The van der Waals surface area contributed by atoms with Gasteiger partial charge in [-0.25, -0.2) is 4.98 Å². The summed E-state index contributed by atoms with van der Waals surface area (Å²) in [6.45, 7) is 0. The van der Waals surface area contributed by atoms with Crippen LogP contribution in [0.5, 0.6) is 11.5 Å². The van der Waals surface area contributed by atoms with E-state index in [9.17, 15) is 10.2 Å². The van der Waals surface area contributed by atoms with Gasteiger partial charge >= 0.3 is 0 Å². The van der Waals surface area contributed by atoms with Gasteiger partial charge in [0.15, 0.2) is 0 Å². The molecular formula is C45H27B3N2O2. The first-order valence-corrected chi connectivity index (χ1v) is 17.0. The lowest BCUT2D eigenvalue weighted by atomic mass is 9.71. The maximum absolute atomic E-state index is 11.2. The van der Waals surface area contributed by atoms with E-state index in [2.05, 4.69) is 103 Å². The molecule has 2 N–H and O–H groups in total. The van der Waals surface area contributed by atoms with Crippen LogP contribution in [-0.2, 0) is 0 Å². The van der Waals surface area contributed by atoms with Crippen molar-refractivity contribution in [1.82, 2.24) is 9.55 Å². The van der Waals surface area contributed by atoms with Gasteiger partial charge in [-0.1, -0.05) is 144 Å². The SMILES string of the molecule is [B]c1c([B])c(O)c(-n2c(-c3ccc(-c4c5ccccc5c(-c5ccccc5)c5cc(-c6ccccc6)ccc45)cc3)nc3ccccc32)c(O)c1[B]. The van der Waals surface area contributed by atoms with Crippen LogP contribution in [-0.4, -0.2) is 43.3 Å². The number of para-hydroxylation sites is 2. The first-order chi connectivity index (χ1) is 25.4. The van der Waals surface area contributed by atoms with Crippen LogP contribution < -0.4 is 16.4 Å². The number of aromatic nitrogens is 2. The van der Waals surface area contributed by atoms with Gasteiger partial charge in [-0.3, -0.25) is 4.57 Å². The fourth-order valence-electron chi connectivity index (χ4n) is 7.43. The van der Waals surface area contributed by atoms with Crippen molar-refractivity contribution >= 4 is 72.5 Å². The molecule has 0 amide bonds. The number of nitrogens with zero attached hydrogens (tertiary/aromatic N) is 2. The Balaban J connectivity index is 1.28. The van der Waals surface area contributed by atoms with Gasteiger partial charge in [0.05, 0.1) is 11.0 Å². The Hall–Kier alpha value is -6.46. The van der Waals surface area contributed by atoms with Crippen molar-refractivity contribution in [2.75, 3.05) is 0 Å². The van der Waals surface area contributed by atoms with Gasteiger partial charge in [-0.15, -0.1) is 5.46 Å². The average Bonchev–Trinajstić information content (AvgIpc) is 3.58. The summed E-state index contributed by atoms with van der Waals surface area (Å²) in [5, 5.41) is 27.0. The van der Waals surface area contributed by atoms with Crippen molar-refractivity contribution in [3.8, 4) is 62.0 Å². The number of rotatable bonds is 5. The standard InChI is InChI=1S/C45H27B3N2O2/c46-39-40(47)43(51)42(44(52)41(39)48)50-36-18-10-9-17-35(36)49-45(50)29-21-19-28(20-22-29)37-31-15-7-8-16-32(31)38(27-13-5-2-6-14-27)34-25-30(23-24-33(34)37)26-11-3-1-4-12-26/h1-25,51-52H. The molecule has 1 aromatic heterocycles. The monoisotopic (exact) mass is 660 g/mol. The number of hydrogen-bond acceptors (Lipinski definition) is 3. The van der Waals surface area contributed by atoms with Gasteiger partial charge in [0.25, 0.3) is 0 Å². The smallest absolute Gasteiger partial charge is 0.145 e. The molecule has 8 aromatic carbocycles. The normalized spacial score (nSPS) is 11.5. The summed E-state index contributed by atoms with van der Waals surface area (Å²) in [6.07, 6.45) is 0. The second-order valence-electron chi connectivity index (χ2n) is 12.9. The molecule has 0 aliphatic heterocycles. The van der Waals surface area contributed by atoms with Crippen molar-refractivity contribution in [3.63, 3.8) is 0 Å². The number of aromatic hydroxyl groups is 2. The maximum atomic E-state index is 11.2. The van der Waals surface area contributed by atoms with E-state index >= 15 is 0 Å². The van der Waals surface area contributed by atoms with E-state index in [4.69, 9.17) is 28.5 Å². The third kappa shape index (κ3) is 4.92. The van der Waals surface area contributed by atoms with Crippen LogP contribution in [0.15, 0.2) is 152 Å². The Bertz CT molecular complexity index is 2800. The number of phenolic OH excluding ortho intramolecular Hbond substituents is 2. The molecule has 6 radical (unpaired) electrons. The molecule has 9 aromatic rings. The summed E-state index contributed by atoms with van der Waals surface area (Å²) in [5.41, 5.74) is 8.60. The third-order valence-electron chi connectivity index (χ3n) is 9.95. The molecule has 0 spiro atoms. The number of phenols is 2. The van der Waals surface area contributed by atoms with Crippen LogP contribution in [0.4, 0.5) is 0 Å². The maximum Gasteiger partial charge on any atom is 0.145 e. The number of hydrogen-bond donors (Lipinski definition) is 2. The van der Waals surface area contributed by atoms with Crippen molar-refractivity contribution in [2.45, 2.75) is 0 Å². The molecule has 4 nitrogen and oxygen atoms in total. The molecule has 0 atom stereocenters. The molecule has 238 valence electrons. The Morgan fingerprint density at radius 1 is 0.423 bits per heavy atom. The van der Waals surface area contributed by atoms with Gasteiger partial charge in [0, 0.05) is 5.56 Å². The minimum atomic E-state index is -0.378. The van der Waals surface area contributed by atoms with E-state index in [1.54, 1.807) is 4.57 Å². The Kier molecular flexibility index (Phi) is 7.51. The first kappa shape index (κ1) is 31.5. The van der Waals surface area contributed by atoms with Crippen LogP contribution in [0.25, 0.3) is 83.0 Å². The highest BCUT2D eigenvalue weighted by molar-refractivity contribution is 6.59. The van der Waals surface area contributed by atoms with Gasteiger partial charge in [-0.2, -0.15) is 0 Å². The van der Waals surface area contributed by atoms with Gasteiger partial charge in [0.1, 0.15) is 46.5 Å². The van der Waals surface area contributed by atoms with E-state index in [1.165, 1.54) is 5.56 Å². The topological polar surface area (TPSA) is 58.3 Å². The Morgan fingerprint density at radius 3 is 1.56 bits per heavy atom. The summed E-state index contributed by atoms with van der Waals surface area (Å²) in [6, 6.07) is 52.1. The molecule has 1 heterocycles. The lowest BCUT2D eigenvalue weighted by Gasteiger charge is -2.20. The van der Waals surface area contributed by atoms with Crippen LogP contribution in [0.1, 0.15) is 0 Å². The third-order valence-corrected chi connectivity index (χ3v) is 9.95. The molecule has 0 aliphatic rings. The molecule has 52 heavy (non-hydrogen) atoms. The summed E-state index contributed by atoms with van der Waals surface area (Å²) in [4.78, 5) is 4.94. The summed E-state index contributed by atoms with van der Waals surface area (Å²) >= 11 is 0. The zero-order valence-electron chi connectivity index (χ0n) is 28.0. The lowest BCUT2D eigenvalue weighted by Crippen LogP contribution is -2.40. The fraction of sp³-hybridized carbons (Fsp3) is 0. The molecule has 0 unspecified atom stereocenters. The van der Waals surface area contributed by atoms with E-state index in [0.717, 1.165) is 54.9 Å². The molecular weight excluding hydrogens is 633 g/mol. The molecule has 7 heteroatoms. The van der Waals surface area contributed by atoms with Crippen LogP contribution in [0.3, 0.4) is 0 Å². The number of benzene rings is 8. The highest BCUT2D eigenvalue weighted by atomic mass is 16.3. The van der Waals surface area contributed by atoms with Gasteiger partial charge < -0.3 is 10.2 Å². The molecule has 0 bridgehead atoms. The Morgan fingerprint density at radius 2 is 0.904 bits per heavy atom. The summed E-state index contributed by atoms with van der Waals surface area (Å²) in [5.74, 6) is -0.267. The molecule has 0 fully saturated rings. The van der Waals surface area contributed by atoms with E-state index in [-0.39, 0.29) is 33.6 Å². The average molecular weight is 660 g/mol. The summed E-state index contributed by atoms with van der Waals surface area (Å²) in [7, 11) is 18.3. The second kappa shape index (κ2) is 12.4. The van der Waals surface area contributed by atoms with Crippen LogP contribution >= 0.6 is 0 Å². The first-order valence-electron chi connectivity index (χ1n) is 17.0. The number of imidazole rings is 1. The van der Waals surface area contributed by atoms with Gasteiger partial charge in [0.2, 0.25) is 0 Å². The molecule has 0 saturated carbocycles. The summed E-state index contributed by atoms with van der Waals surface area (Å²) < 4.78 is 1.67. The quantitative estimate of drug-likeness (QED) is 0.147. The lowest BCUT2D eigenvalue weighted by molar-refractivity contribution is 0.452. The van der Waals surface area contributed by atoms with E-state index in [1.807, 2.05) is 48.5 Å². The fourth-order valence-corrected chi connectivity index (χ4v) is 7.43. The van der Waals surface area contributed by atoms with Crippen molar-refractivity contribution in [3.05, 3.63) is 152 Å². The van der Waals surface area contributed by atoms with Crippen molar-refractivity contribution in [1.29, 1.82) is 0 Å². The van der Waals surface area contributed by atoms with E-state index in [0.29, 0.717) is 16.9 Å². The molecule has 0 aliphatic carbocycles. The number of fused-ring (bicyclic) bond motifs is 3. The highest BCUT2D eigenvalue weighted by Crippen LogP contribution is 2.45. The highest BCUT2D eigenvalue weighted by Gasteiger charge is 2.24.